The van der Waals surface area contributed by atoms with E-state index in [1.165, 1.54) is 17.0 Å². The van der Waals surface area contributed by atoms with Crippen LogP contribution in [0.5, 0.6) is 0 Å². The molecule has 3 aromatic rings. The van der Waals surface area contributed by atoms with Gasteiger partial charge in [0.1, 0.15) is 23.2 Å². The van der Waals surface area contributed by atoms with Crippen LogP contribution in [0.15, 0.2) is 35.4 Å². The summed E-state index contributed by atoms with van der Waals surface area (Å²) in [5.41, 5.74) is -1.87. The first kappa shape index (κ1) is 26.4. The number of carbonyl (C=O) groups is 1. The fourth-order valence-electron chi connectivity index (χ4n) is 4.03. The number of hydrogen-bond acceptors (Lipinski definition) is 7. The summed E-state index contributed by atoms with van der Waals surface area (Å²) >= 11 is 0. The van der Waals surface area contributed by atoms with Crippen LogP contribution in [0, 0.1) is 17.6 Å². The highest BCUT2D eigenvalue weighted by Crippen LogP contribution is 2.26. The maximum atomic E-state index is 14.7. The molecule has 0 bridgehead atoms. The molecular formula is C23H23F5N6O3. The van der Waals surface area contributed by atoms with E-state index in [4.69, 9.17) is 0 Å². The molecule has 1 aliphatic heterocycles. The summed E-state index contributed by atoms with van der Waals surface area (Å²) in [4.78, 5) is 35.6. The van der Waals surface area contributed by atoms with Gasteiger partial charge in [-0.15, -0.1) is 0 Å². The first-order chi connectivity index (χ1) is 17.4. The Hall–Kier alpha value is -3.65. The standard InChI is InChI=1S/C23H23F5N6O3/c1-11(2)7-16(23(26,27)28)31-21(36)14-10-34(20-15(25)8-12(24)9-30-20)19-13(18(14)35)3-4-17(32-19)33-6-5-29-22(33)37/h3-4,8-11,16,22,29,37H,5-7H2,1-2H3,(H,31,36)/t16-,22?/m1/s1. The Morgan fingerprint density at radius 3 is 2.62 bits per heavy atom. The molecule has 0 aromatic carbocycles. The zero-order chi connectivity index (χ0) is 27.1. The number of aromatic nitrogens is 3. The molecule has 9 nitrogen and oxygen atoms in total. The van der Waals surface area contributed by atoms with Crippen molar-refractivity contribution in [1.29, 1.82) is 0 Å². The number of amides is 1. The number of anilines is 1. The van der Waals surface area contributed by atoms with Crippen LogP contribution < -0.4 is 21.0 Å². The molecule has 2 atom stereocenters. The predicted molar refractivity (Wildman–Crippen MR) is 123 cm³/mol. The molecule has 4 heterocycles. The van der Waals surface area contributed by atoms with E-state index in [0.717, 1.165) is 10.8 Å². The van der Waals surface area contributed by atoms with Crippen molar-refractivity contribution in [2.75, 3.05) is 18.0 Å². The minimum atomic E-state index is -4.78. The van der Waals surface area contributed by atoms with Crippen molar-refractivity contribution in [2.24, 2.45) is 5.92 Å². The normalized spacial score (nSPS) is 17.0. The number of fused-ring (bicyclic) bond motifs is 1. The summed E-state index contributed by atoms with van der Waals surface area (Å²) in [5, 5.41) is 14.5. The molecule has 198 valence electrons. The molecule has 0 spiro atoms. The quantitative estimate of drug-likeness (QED) is 0.423. The van der Waals surface area contributed by atoms with Gasteiger partial charge in [-0.3, -0.25) is 19.5 Å². The average Bonchev–Trinajstić information content (AvgIpc) is 3.24. The molecule has 3 aromatic heterocycles. The zero-order valence-electron chi connectivity index (χ0n) is 19.7. The van der Waals surface area contributed by atoms with Gasteiger partial charge in [-0.1, -0.05) is 13.8 Å². The Morgan fingerprint density at radius 2 is 2.03 bits per heavy atom. The number of carbonyl (C=O) groups excluding carboxylic acids is 1. The molecule has 0 saturated carbocycles. The summed E-state index contributed by atoms with van der Waals surface area (Å²) in [6, 6.07) is 0.924. The van der Waals surface area contributed by atoms with Gasteiger partial charge in [0.05, 0.1) is 11.6 Å². The number of nitrogens with zero attached hydrogens (tertiary/aromatic N) is 4. The largest absolute Gasteiger partial charge is 0.408 e. The van der Waals surface area contributed by atoms with E-state index in [9.17, 15) is 36.6 Å². The molecule has 3 N–H and O–H groups in total. The number of rotatable bonds is 6. The van der Waals surface area contributed by atoms with Crippen LogP contribution in [-0.4, -0.2) is 57.2 Å². The van der Waals surface area contributed by atoms with Gasteiger partial charge in [-0.2, -0.15) is 13.2 Å². The number of halogens is 5. The second kappa shape index (κ2) is 10.0. The minimum Gasteiger partial charge on any atom is -0.361 e. The first-order valence-electron chi connectivity index (χ1n) is 11.3. The van der Waals surface area contributed by atoms with Crippen LogP contribution >= 0.6 is 0 Å². The molecule has 1 amide bonds. The minimum absolute atomic E-state index is 0.187. The fourth-order valence-corrected chi connectivity index (χ4v) is 4.03. The van der Waals surface area contributed by atoms with Crippen LogP contribution in [0.25, 0.3) is 16.9 Å². The highest BCUT2D eigenvalue weighted by molar-refractivity contribution is 5.97. The number of alkyl halides is 3. The van der Waals surface area contributed by atoms with E-state index in [2.05, 4.69) is 15.3 Å². The predicted octanol–water partition coefficient (Wildman–Crippen LogP) is 2.45. The van der Waals surface area contributed by atoms with Crippen LogP contribution in [0.2, 0.25) is 0 Å². The first-order valence-corrected chi connectivity index (χ1v) is 11.3. The second-order valence-electron chi connectivity index (χ2n) is 8.96. The summed E-state index contributed by atoms with van der Waals surface area (Å²) in [7, 11) is 0. The van der Waals surface area contributed by atoms with Gasteiger partial charge in [0.25, 0.3) is 5.91 Å². The van der Waals surface area contributed by atoms with Crippen molar-refractivity contribution in [3.8, 4) is 5.82 Å². The summed E-state index contributed by atoms with van der Waals surface area (Å²) in [5.74, 6) is -4.26. The highest BCUT2D eigenvalue weighted by Gasteiger charge is 2.41. The van der Waals surface area contributed by atoms with Crippen molar-refractivity contribution in [1.82, 2.24) is 25.2 Å². The van der Waals surface area contributed by atoms with E-state index in [1.54, 1.807) is 13.8 Å². The number of nitrogens with one attached hydrogen (secondary N) is 2. The van der Waals surface area contributed by atoms with Crippen molar-refractivity contribution in [3.05, 3.63) is 58.0 Å². The Morgan fingerprint density at radius 1 is 1.30 bits per heavy atom. The van der Waals surface area contributed by atoms with Crippen LogP contribution in [0.1, 0.15) is 30.6 Å². The maximum absolute atomic E-state index is 14.7. The number of pyridine rings is 3. The molecule has 37 heavy (non-hydrogen) atoms. The third-order valence-electron chi connectivity index (χ3n) is 5.77. The molecule has 14 heteroatoms. The van der Waals surface area contributed by atoms with E-state index in [-0.39, 0.29) is 16.9 Å². The van der Waals surface area contributed by atoms with Crippen molar-refractivity contribution < 1.29 is 31.9 Å². The second-order valence-corrected chi connectivity index (χ2v) is 8.96. The Balaban J connectivity index is 1.89. The summed E-state index contributed by atoms with van der Waals surface area (Å²) in [6.45, 7) is 3.87. The van der Waals surface area contributed by atoms with Crippen LogP contribution in [-0.2, 0) is 0 Å². The lowest BCUT2D eigenvalue weighted by atomic mass is 10.0. The maximum Gasteiger partial charge on any atom is 0.408 e. The fraction of sp³-hybridized carbons (Fsp3) is 0.391. The summed E-state index contributed by atoms with van der Waals surface area (Å²) in [6.07, 6.45) is -4.77. The van der Waals surface area contributed by atoms with Gasteiger partial charge >= 0.3 is 6.18 Å². The molecule has 1 fully saturated rings. The van der Waals surface area contributed by atoms with Gasteiger partial charge < -0.3 is 15.3 Å². The van der Waals surface area contributed by atoms with Crippen molar-refractivity contribution in [3.63, 3.8) is 0 Å². The SMILES string of the molecule is CC(C)C[C@@H](NC(=O)c1cn(-c2ncc(F)cc2F)c2nc(N3CCNC3O)ccc2c1=O)C(F)(F)F. The molecular weight excluding hydrogens is 503 g/mol. The van der Waals surface area contributed by atoms with Crippen molar-refractivity contribution >= 4 is 22.8 Å². The van der Waals surface area contributed by atoms with Crippen LogP contribution in [0.4, 0.5) is 27.8 Å². The highest BCUT2D eigenvalue weighted by atomic mass is 19.4. The lowest BCUT2D eigenvalue weighted by molar-refractivity contribution is -0.156. The lowest BCUT2D eigenvalue weighted by Gasteiger charge is -2.24. The molecule has 1 aliphatic rings. The third kappa shape index (κ3) is 5.39. The van der Waals surface area contributed by atoms with E-state index >= 15 is 0 Å². The van der Waals surface area contributed by atoms with Crippen molar-refractivity contribution in [2.45, 2.75) is 38.8 Å². The smallest absolute Gasteiger partial charge is 0.361 e. The number of hydrogen-bond donors (Lipinski definition) is 3. The van der Waals surface area contributed by atoms with Gasteiger partial charge in [-0.05, 0) is 24.5 Å². The Bertz CT molecular complexity index is 1390. The van der Waals surface area contributed by atoms with E-state index in [0.29, 0.717) is 25.4 Å². The van der Waals surface area contributed by atoms with E-state index < -0.39 is 65.3 Å². The number of aliphatic hydroxyl groups is 1. The molecule has 1 saturated heterocycles. The van der Waals surface area contributed by atoms with E-state index in [1.807, 2.05) is 5.32 Å². The monoisotopic (exact) mass is 526 g/mol. The number of aliphatic hydroxyl groups excluding tert-OH is 1. The molecule has 4 rings (SSSR count). The third-order valence-corrected chi connectivity index (χ3v) is 5.77. The Kier molecular flexibility index (Phi) is 7.15. The topological polar surface area (TPSA) is 112 Å². The van der Waals surface area contributed by atoms with Gasteiger partial charge in [-0.25, -0.2) is 18.7 Å². The lowest BCUT2D eigenvalue weighted by Crippen LogP contribution is -2.47. The summed E-state index contributed by atoms with van der Waals surface area (Å²) < 4.78 is 69.8. The molecule has 0 aliphatic carbocycles. The Labute approximate surface area is 206 Å². The molecule has 1 unspecified atom stereocenters. The van der Waals surface area contributed by atoms with Crippen LogP contribution in [0.3, 0.4) is 0 Å². The van der Waals surface area contributed by atoms with Gasteiger partial charge in [0.2, 0.25) is 5.43 Å². The average molecular weight is 526 g/mol. The zero-order valence-corrected chi connectivity index (χ0v) is 19.7. The molecule has 0 radical (unpaired) electrons. The van der Waals surface area contributed by atoms with Gasteiger partial charge in [0.15, 0.2) is 23.6 Å². The van der Waals surface area contributed by atoms with Gasteiger partial charge in [0, 0.05) is 25.4 Å².